The van der Waals surface area contributed by atoms with Crippen LogP contribution in [0.15, 0.2) is 18.2 Å². The number of benzene rings is 1. The maximum atomic E-state index is 14.3. The van der Waals surface area contributed by atoms with E-state index in [0.717, 1.165) is 43.2 Å². The summed E-state index contributed by atoms with van der Waals surface area (Å²) >= 11 is 0. The highest BCUT2D eigenvalue weighted by Crippen LogP contribution is 2.28. The molecular formula is C32H53N3O6. The molecule has 0 aromatic heterocycles. The number of hydrogen-bond acceptors (Lipinski definition) is 6. The van der Waals surface area contributed by atoms with E-state index in [1.165, 1.54) is 7.11 Å². The summed E-state index contributed by atoms with van der Waals surface area (Å²) in [4.78, 5) is 54.4. The number of carbonyl (C=O) groups is 4. The fraction of sp³-hybridized carbons (Fsp3) is 0.688. The first-order valence-corrected chi connectivity index (χ1v) is 14.9. The van der Waals surface area contributed by atoms with Crippen LogP contribution in [-0.4, -0.2) is 60.6 Å². The van der Waals surface area contributed by atoms with Gasteiger partial charge in [0.1, 0.15) is 24.2 Å². The molecule has 0 saturated carbocycles. The zero-order chi connectivity index (χ0) is 31.2. The number of nitrogens with one attached hydrogen (secondary N) is 2. The monoisotopic (exact) mass is 575 g/mol. The van der Waals surface area contributed by atoms with Crippen molar-refractivity contribution in [1.29, 1.82) is 0 Å². The number of aryl methyl sites for hydroxylation is 1. The van der Waals surface area contributed by atoms with E-state index in [1.807, 2.05) is 45.9 Å². The van der Waals surface area contributed by atoms with Crippen molar-refractivity contribution in [2.24, 2.45) is 5.92 Å². The highest BCUT2D eigenvalue weighted by Gasteiger charge is 2.37. The van der Waals surface area contributed by atoms with Crippen LogP contribution in [0.5, 0.6) is 0 Å². The third kappa shape index (κ3) is 13.0. The largest absolute Gasteiger partial charge is 0.468 e. The van der Waals surface area contributed by atoms with E-state index in [9.17, 15) is 19.2 Å². The van der Waals surface area contributed by atoms with Crippen LogP contribution >= 0.6 is 0 Å². The van der Waals surface area contributed by atoms with Gasteiger partial charge in [-0.1, -0.05) is 71.1 Å². The van der Waals surface area contributed by atoms with Gasteiger partial charge in [-0.05, 0) is 70.1 Å². The molecule has 1 aromatic rings. The van der Waals surface area contributed by atoms with Crippen molar-refractivity contribution in [2.75, 3.05) is 20.2 Å². The van der Waals surface area contributed by atoms with Crippen LogP contribution in [0.25, 0.3) is 0 Å². The van der Waals surface area contributed by atoms with E-state index in [-0.39, 0.29) is 18.4 Å². The molecule has 2 atom stereocenters. The molecule has 1 aromatic carbocycles. The summed E-state index contributed by atoms with van der Waals surface area (Å²) in [7, 11) is 1.25. The normalized spacial score (nSPS) is 12.8. The summed E-state index contributed by atoms with van der Waals surface area (Å²) in [6.07, 6.45) is 5.71. The average molecular weight is 576 g/mol. The minimum atomic E-state index is -1.00. The first-order valence-electron chi connectivity index (χ1n) is 14.9. The third-order valence-corrected chi connectivity index (χ3v) is 6.87. The molecule has 0 bridgehead atoms. The molecule has 2 N–H and O–H groups in total. The average Bonchev–Trinajstić information content (AvgIpc) is 2.88. The standard InChI is InChI=1S/C32H53N3O6/c1-10-11-12-13-14-15-19-35(30(38)26(20-22(2)3)34-31(39)41-32(6,7)8)28(29(37)33-21-27(36)40-9)25-18-16-17-23(4)24(25)5/h16-18,22,26,28H,10-15,19-21H2,1-9H3,(H,33,37)(H,34,39). The lowest BCUT2D eigenvalue weighted by molar-refractivity contribution is -0.145. The predicted octanol–water partition coefficient (Wildman–Crippen LogP) is 5.76. The van der Waals surface area contributed by atoms with Gasteiger partial charge in [-0.2, -0.15) is 0 Å². The van der Waals surface area contributed by atoms with Gasteiger partial charge in [-0.25, -0.2) is 4.79 Å². The number of carbonyl (C=O) groups excluding carboxylic acids is 4. The van der Waals surface area contributed by atoms with Crippen LogP contribution in [0.1, 0.15) is 109 Å². The lowest BCUT2D eigenvalue weighted by atomic mass is 9.94. The number of unbranched alkanes of at least 4 members (excludes halogenated alkanes) is 5. The molecule has 0 fully saturated rings. The van der Waals surface area contributed by atoms with Gasteiger partial charge in [-0.15, -0.1) is 0 Å². The van der Waals surface area contributed by atoms with Gasteiger partial charge in [0.25, 0.3) is 0 Å². The Morgan fingerprint density at radius 2 is 1.61 bits per heavy atom. The molecule has 0 aliphatic carbocycles. The second kappa shape index (κ2) is 17.7. The molecular weight excluding hydrogens is 522 g/mol. The number of amides is 3. The maximum absolute atomic E-state index is 14.3. The molecule has 0 radical (unpaired) electrons. The number of nitrogens with zero attached hydrogens (tertiary/aromatic N) is 1. The van der Waals surface area contributed by atoms with Gasteiger partial charge in [-0.3, -0.25) is 14.4 Å². The maximum Gasteiger partial charge on any atom is 0.408 e. The van der Waals surface area contributed by atoms with Crippen LogP contribution in [0.2, 0.25) is 0 Å². The van der Waals surface area contributed by atoms with Gasteiger partial charge in [0.05, 0.1) is 7.11 Å². The second-order valence-electron chi connectivity index (χ2n) is 12.1. The molecule has 9 heteroatoms. The minimum absolute atomic E-state index is 0.0853. The molecule has 0 saturated heterocycles. The molecule has 0 heterocycles. The van der Waals surface area contributed by atoms with E-state index in [4.69, 9.17) is 9.47 Å². The van der Waals surface area contributed by atoms with Crippen molar-refractivity contribution in [3.05, 3.63) is 34.9 Å². The Morgan fingerprint density at radius 1 is 0.976 bits per heavy atom. The van der Waals surface area contributed by atoms with Crippen LogP contribution in [-0.2, 0) is 23.9 Å². The molecule has 3 amide bonds. The van der Waals surface area contributed by atoms with E-state index < -0.39 is 35.7 Å². The van der Waals surface area contributed by atoms with E-state index in [2.05, 4.69) is 17.6 Å². The number of ether oxygens (including phenoxy) is 2. The van der Waals surface area contributed by atoms with E-state index in [1.54, 1.807) is 25.7 Å². The first kappa shape index (κ1) is 35.9. The van der Waals surface area contributed by atoms with Crippen LogP contribution in [0.4, 0.5) is 4.79 Å². The number of esters is 1. The smallest absolute Gasteiger partial charge is 0.408 e. The lowest BCUT2D eigenvalue weighted by Gasteiger charge is -2.35. The Hall–Kier alpha value is -3.10. The molecule has 232 valence electrons. The third-order valence-electron chi connectivity index (χ3n) is 6.87. The summed E-state index contributed by atoms with van der Waals surface area (Å²) < 4.78 is 10.2. The Kier molecular flexibility index (Phi) is 15.5. The molecule has 0 spiro atoms. The fourth-order valence-electron chi connectivity index (χ4n) is 4.62. The quantitative estimate of drug-likeness (QED) is 0.191. The first-order chi connectivity index (χ1) is 19.2. The summed E-state index contributed by atoms with van der Waals surface area (Å²) in [5.74, 6) is -1.35. The number of hydrogen-bond donors (Lipinski definition) is 2. The number of alkyl carbamates (subject to hydrolysis) is 1. The van der Waals surface area contributed by atoms with Gasteiger partial charge in [0.15, 0.2) is 0 Å². The zero-order valence-corrected chi connectivity index (χ0v) is 26.7. The molecule has 0 aliphatic heterocycles. The molecule has 9 nitrogen and oxygen atoms in total. The van der Waals surface area contributed by atoms with Crippen molar-refractivity contribution in [2.45, 2.75) is 118 Å². The van der Waals surface area contributed by atoms with Crippen molar-refractivity contribution in [3.8, 4) is 0 Å². The summed E-state index contributed by atoms with van der Waals surface area (Å²) in [6, 6.07) is 3.75. The zero-order valence-electron chi connectivity index (χ0n) is 26.7. The van der Waals surface area contributed by atoms with E-state index >= 15 is 0 Å². The van der Waals surface area contributed by atoms with Crippen LogP contribution in [0.3, 0.4) is 0 Å². The lowest BCUT2D eigenvalue weighted by Crippen LogP contribution is -2.54. The van der Waals surface area contributed by atoms with Gasteiger partial charge < -0.3 is 25.0 Å². The van der Waals surface area contributed by atoms with Gasteiger partial charge >= 0.3 is 12.1 Å². The summed E-state index contributed by atoms with van der Waals surface area (Å²) in [6.45, 7) is 15.3. The fourth-order valence-corrected chi connectivity index (χ4v) is 4.62. The highest BCUT2D eigenvalue weighted by atomic mass is 16.6. The molecule has 41 heavy (non-hydrogen) atoms. The van der Waals surface area contributed by atoms with Crippen molar-refractivity contribution >= 4 is 23.9 Å². The van der Waals surface area contributed by atoms with Crippen LogP contribution in [0, 0.1) is 19.8 Å². The van der Waals surface area contributed by atoms with Gasteiger partial charge in [0.2, 0.25) is 11.8 Å². The summed E-state index contributed by atoms with van der Waals surface area (Å²) in [5.41, 5.74) is 1.80. The Morgan fingerprint density at radius 3 is 2.20 bits per heavy atom. The summed E-state index contributed by atoms with van der Waals surface area (Å²) in [5, 5.41) is 5.44. The number of methoxy groups -OCH3 is 1. The van der Waals surface area contributed by atoms with Crippen molar-refractivity contribution in [1.82, 2.24) is 15.5 Å². The predicted molar refractivity (Wildman–Crippen MR) is 161 cm³/mol. The van der Waals surface area contributed by atoms with Crippen molar-refractivity contribution in [3.63, 3.8) is 0 Å². The highest BCUT2D eigenvalue weighted by molar-refractivity contribution is 5.93. The second-order valence-corrected chi connectivity index (χ2v) is 12.1. The van der Waals surface area contributed by atoms with E-state index in [0.29, 0.717) is 24.9 Å². The minimum Gasteiger partial charge on any atom is -0.468 e. The topological polar surface area (TPSA) is 114 Å². The van der Waals surface area contributed by atoms with Gasteiger partial charge in [0, 0.05) is 6.54 Å². The van der Waals surface area contributed by atoms with Crippen LogP contribution < -0.4 is 10.6 Å². The SMILES string of the molecule is CCCCCCCCN(C(=O)C(CC(C)C)NC(=O)OC(C)(C)C)C(C(=O)NCC(=O)OC)c1cccc(C)c1C. The molecule has 0 aliphatic rings. The molecule has 1 rings (SSSR count). The number of rotatable bonds is 16. The Balaban J connectivity index is 3.54. The Bertz CT molecular complexity index is 1000. The van der Waals surface area contributed by atoms with Crippen molar-refractivity contribution < 1.29 is 28.7 Å². The molecule has 2 unspecified atom stereocenters. The Labute approximate surface area is 247 Å².